The van der Waals surface area contributed by atoms with E-state index in [9.17, 15) is 9.59 Å². The number of para-hydroxylation sites is 1. The number of hydrogen-bond donors (Lipinski definition) is 3. The molecule has 0 saturated heterocycles. The first kappa shape index (κ1) is 23.3. The van der Waals surface area contributed by atoms with E-state index in [0.717, 1.165) is 5.69 Å². The lowest BCUT2D eigenvalue weighted by atomic mass is 10.1. The molecule has 0 saturated carbocycles. The molecule has 7 heteroatoms. The molecule has 0 aliphatic carbocycles. The van der Waals surface area contributed by atoms with Gasteiger partial charge in [0.1, 0.15) is 11.5 Å². The van der Waals surface area contributed by atoms with Gasteiger partial charge < -0.3 is 25.4 Å². The summed E-state index contributed by atoms with van der Waals surface area (Å²) in [4.78, 5) is 23.3. The van der Waals surface area contributed by atoms with Crippen molar-refractivity contribution in [1.82, 2.24) is 0 Å². The van der Waals surface area contributed by atoms with Gasteiger partial charge in [0, 0.05) is 42.7 Å². The van der Waals surface area contributed by atoms with Crippen LogP contribution in [0.3, 0.4) is 0 Å². The number of nitrogens with one attached hydrogen (secondary N) is 3. The summed E-state index contributed by atoms with van der Waals surface area (Å²) >= 11 is 0. The highest BCUT2D eigenvalue weighted by Crippen LogP contribution is 2.23. The van der Waals surface area contributed by atoms with Gasteiger partial charge in [-0.2, -0.15) is 0 Å². The van der Waals surface area contributed by atoms with Gasteiger partial charge in [-0.3, -0.25) is 9.59 Å². The monoisotopic (exact) mass is 421 g/mol. The van der Waals surface area contributed by atoms with E-state index in [0.29, 0.717) is 28.4 Å². The van der Waals surface area contributed by atoms with Crippen molar-refractivity contribution in [3.8, 4) is 11.5 Å². The Morgan fingerprint density at radius 1 is 0.710 bits per heavy atom. The summed E-state index contributed by atoms with van der Waals surface area (Å²) < 4.78 is 10.3. The summed E-state index contributed by atoms with van der Waals surface area (Å²) in [5.41, 5.74) is 2.86. The number of amides is 2. The first-order valence-corrected chi connectivity index (χ1v) is 9.60. The predicted molar refractivity (Wildman–Crippen MR) is 124 cm³/mol. The predicted octanol–water partition coefficient (Wildman–Crippen LogP) is 4.64. The molecule has 0 radical (unpaired) electrons. The molecule has 3 aromatic rings. The highest BCUT2D eigenvalue weighted by atomic mass is 16.5. The van der Waals surface area contributed by atoms with Gasteiger partial charge in [-0.25, -0.2) is 0 Å². The van der Waals surface area contributed by atoms with Crippen molar-refractivity contribution in [3.05, 3.63) is 78.4 Å². The molecule has 7 nitrogen and oxygen atoms in total. The molecular formula is C24H27N3O4. The van der Waals surface area contributed by atoms with Crippen LogP contribution in [0.1, 0.15) is 17.3 Å². The number of anilines is 3. The van der Waals surface area contributed by atoms with E-state index in [1.165, 1.54) is 21.1 Å². The Morgan fingerprint density at radius 3 is 1.65 bits per heavy atom. The molecule has 162 valence electrons. The molecule has 0 spiro atoms. The first-order chi connectivity index (χ1) is 14.9. The van der Waals surface area contributed by atoms with Crippen LogP contribution in [-0.4, -0.2) is 33.1 Å². The Kier molecular flexibility index (Phi) is 8.91. The van der Waals surface area contributed by atoms with Crippen molar-refractivity contribution in [2.45, 2.75) is 6.92 Å². The second kappa shape index (κ2) is 11.9. The summed E-state index contributed by atoms with van der Waals surface area (Å²) in [5.74, 6) is 0.644. The number of hydrogen-bond acceptors (Lipinski definition) is 5. The van der Waals surface area contributed by atoms with E-state index in [1.807, 2.05) is 37.4 Å². The first-order valence-electron chi connectivity index (χ1n) is 9.60. The van der Waals surface area contributed by atoms with Crippen molar-refractivity contribution in [1.29, 1.82) is 0 Å². The van der Waals surface area contributed by atoms with Gasteiger partial charge in [0.05, 0.1) is 14.2 Å². The molecule has 0 aromatic heterocycles. The largest absolute Gasteiger partial charge is 0.497 e. The van der Waals surface area contributed by atoms with E-state index in [2.05, 4.69) is 16.0 Å². The maximum atomic E-state index is 12.3. The number of carbonyl (C=O) groups excluding carboxylic acids is 2. The second-order valence-corrected chi connectivity index (χ2v) is 6.43. The molecule has 3 rings (SSSR count). The molecule has 0 aliphatic rings. The Labute approximate surface area is 182 Å². The van der Waals surface area contributed by atoms with Crippen molar-refractivity contribution >= 4 is 28.9 Å². The van der Waals surface area contributed by atoms with E-state index >= 15 is 0 Å². The summed E-state index contributed by atoms with van der Waals surface area (Å²) in [7, 11) is 4.96. The van der Waals surface area contributed by atoms with Crippen LogP contribution in [0.4, 0.5) is 17.1 Å². The minimum Gasteiger partial charge on any atom is -0.497 e. The van der Waals surface area contributed by atoms with Crippen LogP contribution in [0.15, 0.2) is 72.8 Å². The van der Waals surface area contributed by atoms with Crippen LogP contribution >= 0.6 is 0 Å². The summed E-state index contributed by atoms with van der Waals surface area (Å²) in [6.45, 7) is 1.44. The lowest BCUT2D eigenvalue weighted by Crippen LogP contribution is -2.12. The fraction of sp³-hybridized carbons (Fsp3) is 0.167. The number of rotatable bonds is 6. The summed E-state index contributed by atoms with van der Waals surface area (Å²) in [6.07, 6.45) is 0. The minimum atomic E-state index is -0.283. The zero-order valence-corrected chi connectivity index (χ0v) is 18.1. The Hall–Kier alpha value is -4.00. The van der Waals surface area contributed by atoms with Gasteiger partial charge in [0.25, 0.3) is 5.91 Å². The third-order valence-corrected chi connectivity index (χ3v) is 4.14. The number of benzene rings is 3. The Balaban J connectivity index is 0.000000357. The fourth-order valence-electron chi connectivity index (χ4n) is 2.59. The molecule has 0 bridgehead atoms. The van der Waals surface area contributed by atoms with Gasteiger partial charge in [-0.1, -0.05) is 18.2 Å². The zero-order chi connectivity index (χ0) is 22.6. The maximum absolute atomic E-state index is 12.3. The van der Waals surface area contributed by atoms with Crippen LogP contribution in [0.2, 0.25) is 0 Å². The van der Waals surface area contributed by atoms with Crippen molar-refractivity contribution in [2.24, 2.45) is 0 Å². The lowest BCUT2D eigenvalue weighted by Gasteiger charge is -2.10. The zero-order valence-electron chi connectivity index (χ0n) is 18.1. The van der Waals surface area contributed by atoms with Gasteiger partial charge in [-0.05, 0) is 48.5 Å². The van der Waals surface area contributed by atoms with Crippen molar-refractivity contribution in [3.63, 3.8) is 0 Å². The molecule has 0 atom stereocenters. The lowest BCUT2D eigenvalue weighted by molar-refractivity contribution is -0.114. The molecule has 3 aromatic carbocycles. The van der Waals surface area contributed by atoms with Crippen LogP contribution in [0.25, 0.3) is 0 Å². The Bertz CT molecular complexity index is 967. The molecule has 2 amide bonds. The molecule has 0 unspecified atom stereocenters. The molecule has 0 fully saturated rings. The highest BCUT2D eigenvalue weighted by Gasteiger charge is 2.10. The molecule has 0 aliphatic heterocycles. The SMILES string of the molecule is CNc1ccccc1.COc1cc(OC)cc(C(=O)Nc2ccc(NC(C)=O)cc2)c1. The van der Waals surface area contributed by atoms with Crippen LogP contribution < -0.4 is 25.4 Å². The van der Waals surface area contributed by atoms with E-state index in [1.54, 1.807) is 42.5 Å². The smallest absolute Gasteiger partial charge is 0.255 e. The summed E-state index contributed by atoms with van der Waals surface area (Å²) in [5, 5.41) is 8.47. The fourth-order valence-corrected chi connectivity index (χ4v) is 2.59. The molecular weight excluding hydrogens is 394 g/mol. The van der Waals surface area contributed by atoms with Gasteiger partial charge in [0.15, 0.2) is 0 Å². The molecule has 0 heterocycles. The number of carbonyl (C=O) groups is 2. The van der Waals surface area contributed by atoms with E-state index < -0.39 is 0 Å². The van der Waals surface area contributed by atoms with Gasteiger partial charge >= 0.3 is 0 Å². The van der Waals surface area contributed by atoms with Crippen molar-refractivity contribution in [2.75, 3.05) is 37.2 Å². The van der Waals surface area contributed by atoms with E-state index in [-0.39, 0.29) is 11.8 Å². The third kappa shape index (κ3) is 7.74. The maximum Gasteiger partial charge on any atom is 0.255 e. The second-order valence-electron chi connectivity index (χ2n) is 6.43. The quantitative estimate of drug-likeness (QED) is 0.539. The Morgan fingerprint density at radius 2 is 1.23 bits per heavy atom. The van der Waals surface area contributed by atoms with Crippen LogP contribution in [-0.2, 0) is 4.79 Å². The number of methoxy groups -OCH3 is 2. The minimum absolute atomic E-state index is 0.148. The number of ether oxygens (including phenoxy) is 2. The molecule has 3 N–H and O–H groups in total. The summed E-state index contributed by atoms with van der Waals surface area (Å²) in [6, 6.07) is 21.9. The standard InChI is InChI=1S/C17H18N2O4.C7H9N/c1-11(20)18-13-4-6-14(7-5-13)19-17(21)12-8-15(22-2)10-16(9-12)23-3;1-8-7-5-3-2-4-6-7/h4-10H,1-3H3,(H,18,20)(H,19,21);2-6,8H,1H3. The van der Waals surface area contributed by atoms with Crippen LogP contribution in [0, 0.1) is 0 Å². The molecule has 31 heavy (non-hydrogen) atoms. The van der Waals surface area contributed by atoms with E-state index in [4.69, 9.17) is 9.47 Å². The highest BCUT2D eigenvalue weighted by molar-refractivity contribution is 6.05. The van der Waals surface area contributed by atoms with Gasteiger partial charge in [-0.15, -0.1) is 0 Å². The van der Waals surface area contributed by atoms with Gasteiger partial charge in [0.2, 0.25) is 5.91 Å². The topological polar surface area (TPSA) is 88.7 Å². The van der Waals surface area contributed by atoms with Crippen molar-refractivity contribution < 1.29 is 19.1 Å². The average molecular weight is 421 g/mol. The third-order valence-electron chi connectivity index (χ3n) is 4.14. The van der Waals surface area contributed by atoms with Crippen LogP contribution in [0.5, 0.6) is 11.5 Å². The average Bonchev–Trinajstić information content (AvgIpc) is 2.80. The normalized spacial score (nSPS) is 9.55.